The van der Waals surface area contributed by atoms with E-state index in [4.69, 9.17) is 16.8 Å². The van der Waals surface area contributed by atoms with E-state index < -0.39 is 29.1 Å². The van der Waals surface area contributed by atoms with Crippen molar-refractivity contribution in [2.75, 3.05) is 7.05 Å². The topological polar surface area (TPSA) is 82.0 Å². The molecule has 0 bridgehead atoms. The Bertz CT molecular complexity index is 900. The van der Waals surface area contributed by atoms with Crippen LogP contribution in [0.25, 0.3) is 0 Å². The second kappa shape index (κ2) is 8.19. The van der Waals surface area contributed by atoms with E-state index in [-0.39, 0.29) is 10.6 Å². The number of alkyl halides is 3. The van der Waals surface area contributed by atoms with Crippen molar-refractivity contribution in [2.45, 2.75) is 6.18 Å². The monoisotopic (exact) mass is 399 g/mol. The highest BCUT2D eigenvalue weighted by Crippen LogP contribution is 2.32. The highest BCUT2D eigenvalue weighted by atomic mass is 35.5. The van der Waals surface area contributed by atoms with Crippen LogP contribution in [0.4, 0.5) is 13.2 Å². The third-order valence-corrected chi connectivity index (χ3v) is 3.82. The lowest BCUT2D eigenvalue weighted by Crippen LogP contribution is -2.24. The molecule has 0 spiro atoms. The van der Waals surface area contributed by atoms with Gasteiger partial charge in [0.25, 0.3) is 11.8 Å². The zero-order valence-corrected chi connectivity index (χ0v) is 14.5. The molecular weight excluding hydrogens is 387 g/mol. The van der Waals surface area contributed by atoms with Crippen LogP contribution in [0.2, 0.25) is 5.02 Å². The Morgan fingerprint density at radius 3 is 2.48 bits per heavy atom. The summed E-state index contributed by atoms with van der Waals surface area (Å²) in [6.07, 6.45) is -3.51. The summed E-state index contributed by atoms with van der Waals surface area (Å²) in [5.41, 5.74) is 0.257. The molecule has 0 fully saturated rings. The molecule has 0 heterocycles. The number of hydrogen-bond donors (Lipinski definition) is 2. The molecule has 0 aromatic heterocycles. The van der Waals surface area contributed by atoms with Crippen molar-refractivity contribution >= 4 is 29.6 Å². The largest absolute Gasteiger partial charge is 0.417 e. The number of nitrogens with zero attached hydrogens (tertiary/aromatic N) is 2. The maximum Gasteiger partial charge on any atom is 0.417 e. The van der Waals surface area contributed by atoms with Gasteiger partial charge in [0.1, 0.15) is 0 Å². The van der Waals surface area contributed by atoms with E-state index in [1.54, 1.807) is 0 Å². The van der Waals surface area contributed by atoms with Crippen LogP contribution in [-0.4, -0.2) is 35.3 Å². The molecule has 0 radical (unpaired) electrons. The summed E-state index contributed by atoms with van der Waals surface area (Å²) < 4.78 is 39.1. The van der Waals surface area contributed by atoms with Crippen LogP contribution < -0.4 is 5.48 Å². The summed E-state index contributed by atoms with van der Waals surface area (Å²) in [5, 5.41) is 13.2. The summed E-state index contributed by atoms with van der Waals surface area (Å²) in [5.74, 6) is -1.72. The van der Waals surface area contributed by atoms with Crippen molar-refractivity contribution in [1.82, 2.24) is 10.5 Å². The number of hydroxylamine groups is 1. The number of benzene rings is 2. The Morgan fingerprint density at radius 2 is 1.89 bits per heavy atom. The Hall–Kier alpha value is -2.91. The quantitative estimate of drug-likeness (QED) is 0.468. The minimum atomic E-state index is -4.68. The second-order valence-electron chi connectivity index (χ2n) is 5.29. The maximum absolute atomic E-state index is 13.0. The third kappa shape index (κ3) is 4.83. The molecule has 0 aliphatic carbocycles. The molecule has 27 heavy (non-hydrogen) atoms. The van der Waals surface area contributed by atoms with Crippen LogP contribution in [0.3, 0.4) is 0 Å². The first-order chi connectivity index (χ1) is 12.6. The lowest BCUT2D eigenvalue weighted by molar-refractivity contribution is -0.138. The van der Waals surface area contributed by atoms with Gasteiger partial charge in [-0.1, -0.05) is 29.8 Å². The Morgan fingerprint density at radius 1 is 1.22 bits per heavy atom. The minimum Gasteiger partial charge on any atom is -0.288 e. The standard InChI is InChI=1S/C17H13ClF3N3O3/c1-24(16(26)12-4-2-3-5-13(12)17(19,20)21)22-9-11-7-6-10(8-14(11)18)15(25)23-27/h2-9,27H,1H3,(H,23,25). The van der Waals surface area contributed by atoms with E-state index in [0.717, 1.165) is 23.4 Å². The van der Waals surface area contributed by atoms with Crippen LogP contribution in [0.15, 0.2) is 47.6 Å². The van der Waals surface area contributed by atoms with E-state index in [0.29, 0.717) is 5.56 Å². The predicted octanol–water partition coefficient (Wildman–Crippen LogP) is 3.58. The molecule has 0 aliphatic rings. The van der Waals surface area contributed by atoms with Crippen LogP contribution in [0.5, 0.6) is 0 Å². The number of hydrogen-bond acceptors (Lipinski definition) is 4. The lowest BCUT2D eigenvalue weighted by Gasteiger charge is -2.15. The summed E-state index contributed by atoms with van der Waals surface area (Å²) >= 11 is 5.99. The van der Waals surface area contributed by atoms with Gasteiger partial charge in [0.2, 0.25) is 0 Å². The first-order valence-electron chi connectivity index (χ1n) is 7.37. The smallest absolute Gasteiger partial charge is 0.288 e. The Kier molecular flexibility index (Phi) is 6.19. The van der Waals surface area contributed by atoms with Gasteiger partial charge in [0, 0.05) is 18.2 Å². The van der Waals surface area contributed by atoms with Crippen LogP contribution >= 0.6 is 11.6 Å². The molecule has 2 aromatic carbocycles. The van der Waals surface area contributed by atoms with Crippen molar-refractivity contribution in [3.05, 3.63) is 69.7 Å². The van der Waals surface area contributed by atoms with E-state index >= 15 is 0 Å². The summed E-state index contributed by atoms with van der Waals surface area (Å²) in [6, 6.07) is 8.39. The lowest BCUT2D eigenvalue weighted by atomic mass is 10.1. The van der Waals surface area contributed by atoms with Gasteiger partial charge < -0.3 is 0 Å². The van der Waals surface area contributed by atoms with Crippen molar-refractivity contribution in [3.8, 4) is 0 Å². The third-order valence-electron chi connectivity index (χ3n) is 3.49. The predicted molar refractivity (Wildman–Crippen MR) is 91.8 cm³/mol. The first-order valence-corrected chi connectivity index (χ1v) is 7.75. The highest BCUT2D eigenvalue weighted by molar-refractivity contribution is 6.33. The van der Waals surface area contributed by atoms with Gasteiger partial charge in [0.15, 0.2) is 0 Å². The number of hydrazone groups is 1. The van der Waals surface area contributed by atoms with E-state index in [9.17, 15) is 22.8 Å². The van der Waals surface area contributed by atoms with Gasteiger partial charge in [0.05, 0.1) is 22.4 Å². The van der Waals surface area contributed by atoms with Gasteiger partial charge in [-0.05, 0) is 24.3 Å². The van der Waals surface area contributed by atoms with Gasteiger partial charge in [-0.2, -0.15) is 18.3 Å². The molecule has 6 nitrogen and oxygen atoms in total. The fraction of sp³-hybridized carbons (Fsp3) is 0.118. The van der Waals surface area contributed by atoms with E-state index in [1.807, 2.05) is 0 Å². The van der Waals surface area contributed by atoms with Crippen molar-refractivity contribution in [2.24, 2.45) is 5.10 Å². The molecule has 0 unspecified atom stereocenters. The molecular formula is C17H13ClF3N3O3. The van der Waals surface area contributed by atoms with Crippen molar-refractivity contribution in [3.63, 3.8) is 0 Å². The summed E-state index contributed by atoms with van der Waals surface area (Å²) in [6.45, 7) is 0. The van der Waals surface area contributed by atoms with Crippen LogP contribution in [-0.2, 0) is 6.18 Å². The molecule has 2 rings (SSSR count). The van der Waals surface area contributed by atoms with Gasteiger partial charge in [-0.15, -0.1) is 0 Å². The average Bonchev–Trinajstić information content (AvgIpc) is 2.64. The molecule has 0 saturated carbocycles. The van der Waals surface area contributed by atoms with Crippen LogP contribution in [0.1, 0.15) is 31.8 Å². The molecule has 2 N–H and O–H groups in total. The molecule has 2 amide bonds. The molecule has 2 aromatic rings. The van der Waals surface area contributed by atoms with Gasteiger partial charge in [-0.3, -0.25) is 14.8 Å². The number of carbonyl (C=O) groups is 2. The maximum atomic E-state index is 13.0. The molecule has 142 valence electrons. The molecule has 10 heteroatoms. The zero-order valence-electron chi connectivity index (χ0n) is 13.8. The number of nitrogens with one attached hydrogen (secondary N) is 1. The normalized spacial score (nSPS) is 11.5. The number of carbonyl (C=O) groups excluding carboxylic acids is 2. The fourth-order valence-electron chi connectivity index (χ4n) is 2.13. The van der Waals surface area contributed by atoms with Crippen LogP contribution in [0, 0.1) is 0 Å². The number of halogens is 4. The van der Waals surface area contributed by atoms with Crippen molar-refractivity contribution < 1.29 is 28.0 Å². The number of amides is 2. The number of rotatable bonds is 4. The molecule has 0 aliphatic heterocycles. The molecule has 0 saturated heterocycles. The van der Waals surface area contributed by atoms with E-state index in [1.165, 1.54) is 42.9 Å². The molecule has 0 atom stereocenters. The summed E-state index contributed by atoms with van der Waals surface area (Å²) in [4.78, 5) is 23.6. The Balaban J connectivity index is 2.24. The van der Waals surface area contributed by atoms with Gasteiger partial charge in [-0.25, -0.2) is 10.5 Å². The minimum absolute atomic E-state index is 0.0863. The average molecular weight is 400 g/mol. The second-order valence-corrected chi connectivity index (χ2v) is 5.70. The highest BCUT2D eigenvalue weighted by Gasteiger charge is 2.35. The Labute approximate surface area is 156 Å². The zero-order chi connectivity index (χ0) is 20.2. The van der Waals surface area contributed by atoms with E-state index in [2.05, 4.69) is 5.10 Å². The summed E-state index contributed by atoms with van der Waals surface area (Å²) in [7, 11) is 1.20. The first kappa shape index (κ1) is 20.4. The SMILES string of the molecule is CN(N=Cc1ccc(C(=O)NO)cc1Cl)C(=O)c1ccccc1C(F)(F)F. The fourth-order valence-corrected chi connectivity index (χ4v) is 2.36. The van der Waals surface area contributed by atoms with Crippen molar-refractivity contribution in [1.29, 1.82) is 0 Å². The van der Waals surface area contributed by atoms with Gasteiger partial charge >= 0.3 is 6.18 Å².